The molecule has 0 aromatic heterocycles. The molecule has 17 heavy (non-hydrogen) atoms. The van der Waals surface area contributed by atoms with Gasteiger partial charge in [-0.15, -0.1) is 0 Å². The molecular weight excluding hydrogens is 236 g/mol. The summed E-state index contributed by atoms with van der Waals surface area (Å²) in [6.07, 6.45) is 4.44. The van der Waals surface area contributed by atoms with Gasteiger partial charge >= 0.3 is 0 Å². The summed E-state index contributed by atoms with van der Waals surface area (Å²) in [7, 11) is 0. The number of Topliss-reactive ketones (excluding diaryl/α,β-unsaturated/α-hetero) is 1. The van der Waals surface area contributed by atoms with Crippen molar-refractivity contribution in [3.05, 3.63) is 34.9 Å². The van der Waals surface area contributed by atoms with Crippen LogP contribution in [0, 0.1) is 0 Å². The van der Waals surface area contributed by atoms with E-state index in [-0.39, 0.29) is 11.9 Å². The maximum absolute atomic E-state index is 11.9. The summed E-state index contributed by atoms with van der Waals surface area (Å²) in [6, 6.07) is 7.48. The Morgan fingerprint density at radius 1 is 1.41 bits per heavy atom. The summed E-state index contributed by atoms with van der Waals surface area (Å²) in [5, 5.41) is 0.684. The van der Waals surface area contributed by atoms with Gasteiger partial charge in [-0.1, -0.05) is 23.7 Å². The average molecular weight is 253 g/mol. The van der Waals surface area contributed by atoms with Crippen LogP contribution in [0.1, 0.15) is 31.2 Å². The molecule has 0 amide bonds. The fraction of sp³-hybridized carbons (Fsp3) is 0.500. The van der Waals surface area contributed by atoms with E-state index in [1.807, 2.05) is 24.3 Å². The van der Waals surface area contributed by atoms with Gasteiger partial charge in [-0.05, 0) is 37.0 Å². The normalized spacial score (nSPS) is 20.2. The monoisotopic (exact) mass is 252 g/mol. The smallest absolute Gasteiger partial charge is 0.139 e. The Kier molecular flexibility index (Phi) is 4.57. The first kappa shape index (κ1) is 12.6. The second kappa shape index (κ2) is 6.18. The topological polar surface area (TPSA) is 26.3 Å². The summed E-state index contributed by atoms with van der Waals surface area (Å²) in [5.74, 6) is 0.235. The molecule has 0 radical (unpaired) electrons. The molecule has 0 spiro atoms. The predicted molar refractivity (Wildman–Crippen MR) is 68.4 cm³/mol. The Labute approximate surface area is 107 Å². The van der Waals surface area contributed by atoms with Crippen LogP contribution < -0.4 is 0 Å². The van der Waals surface area contributed by atoms with Crippen LogP contribution in [0.3, 0.4) is 0 Å². The number of hydrogen-bond acceptors (Lipinski definition) is 2. The van der Waals surface area contributed by atoms with Crippen molar-refractivity contribution in [3.8, 4) is 0 Å². The highest BCUT2D eigenvalue weighted by molar-refractivity contribution is 6.30. The lowest BCUT2D eigenvalue weighted by Gasteiger charge is -2.21. The number of ketones is 1. The van der Waals surface area contributed by atoms with Gasteiger partial charge in [-0.25, -0.2) is 0 Å². The van der Waals surface area contributed by atoms with E-state index in [0.29, 0.717) is 17.9 Å². The minimum absolute atomic E-state index is 0.135. The molecule has 0 bridgehead atoms. The first-order valence-corrected chi connectivity index (χ1v) is 6.49. The van der Waals surface area contributed by atoms with Gasteiger partial charge in [0, 0.05) is 24.5 Å². The lowest BCUT2D eigenvalue weighted by molar-refractivity contribution is -0.122. The molecule has 3 heteroatoms. The van der Waals surface area contributed by atoms with Crippen molar-refractivity contribution in [1.29, 1.82) is 0 Å². The second-order valence-electron chi connectivity index (χ2n) is 4.54. The summed E-state index contributed by atoms with van der Waals surface area (Å²) in [5.41, 5.74) is 0.985. The van der Waals surface area contributed by atoms with Gasteiger partial charge < -0.3 is 4.74 Å². The van der Waals surface area contributed by atoms with Gasteiger partial charge in [0.2, 0.25) is 0 Å². The lowest BCUT2D eigenvalue weighted by Crippen LogP contribution is -2.23. The van der Waals surface area contributed by atoms with E-state index in [2.05, 4.69) is 0 Å². The van der Waals surface area contributed by atoms with E-state index >= 15 is 0 Å². The molecule has 1 aromatic carbocycles. The van der Waals surface area contributed by atoms with Gasteiger partial charge in [0.1, 0.15) is 5.78 Å². The van der Waals surface area contributed by atoms with Crippen LogP contribution in [0.5, 0.6) is 0 Å². The zero-order valence-corrected chi connectivity index (χ0v) is 10.6. The first-order valence-electron chi connectivity index (χ1n) is 6.12. The van der Waals surface area contributed by atoms with Crippen molar-refractivity contribution in [2.75, 3.05) is 6.61 Å². The van der Waals surface area contributed by atoms with Crippen LogP contribution in [0.25, 0.3) is 0 Å². The second-order valence-corrected chi connectivity index (χ2v) is 4.97. The minimum atomic E-state index is 0.135. The summed E-state index contributed by atoms with van der Waals surface area (Å²) >= 11 is 5.88. The highest BCUT2D eigenvalue weighted by atomic mass is 35.5. The molecule has 0 N–H and O–H groups in total. The molecule has 1 aliphatic rings. The van der Waals surface area contributed by atoms with Crippen LogP contribution in [0.4, 0.5) is 0 Å². The highest BCUT2D eigenvalue weighted by Crippen LogP contribution is 2.17. The Hall–Kier alpha value is -0.860. The number of hydrogen-bond donors (Lipinski definition) is 0. The van der Waals surface area contributed by atoms with Crippen LogP contribution in [-0.4, -0.2) is 18.5 Å². The highest BCUT2D eigenvalue weighted by Gasteiger charge is 2.17. The van der Waals surface area contributed by atoms with Crippen LogP contribution >= 0.6 is 11.6 Å². The summed E-state index contributed by atoms with van der Waals surface area (Å²) < 4.78 is 5.56. The molecule has 2 nitrogen and oxygen atoms in total. The van der Waals surface area contributed by atoms with Gasteiger partial charge in [-0.2, -0.15) is 0 Å². The third kappa shape index (κ3) is 4.14. The molecule has 1 atom stereocenters. The van der Waals surface area contributed by atoms with E-state index in [1.54, 1.807) is 0 Å². The third-order valence-electron chi connectivity index (χ3n) is 3.02. The molecule has 1 aliphatic heterocycles. The standard InChI is InChI=1S/C14H17ClO2/c15-12-5-3-4-11(8-12)9-13(16)10-14-6-1-2-7-17-14/h3-5,8,14H,1-2,6-7,9-10H2. The quantitative estimate of drug-likeness (QED) is 0.821. The minimum Gasteiger partial charge on any atom is -0.378 e. The van der Waals surface area contributed by atoms with Crippen molar-refractivity contribution in [2.24, 2.45) is 0 Å². The van der Waals surface area contributed by atoms with Crippen LogP contribution in [-0.2, 0) is 16.0 Å². The largest absolute Gasteiger partial charge is 0.378 e. The molecule has 1 saturated heterocycles. The zero-order chi connectivity index (χ0) is 12.1. The fourth-order valence-corrected chi connectivity index (χ4v) is 2.38. The van der Waals surface area contributed by atoms with Gasteiger partial charge in [0.25, 0.3) is 0 Å². The van der Waals surface area contributed by atoms with Gasteiger partial charge in [0.05, 0.1) is 6.10 Å². The lowest BCUT2D eigenvalue weighted by atomic mass is 10.0. The number of carbonyl (C=O) groups excluding carboxylic acids is 1. The maximum Gasteiger partial charge on any atom is 0.139 e. The Balaban J connectivity index is 1.84. The molecular formula is C14H17ClO2. The molecule has 92 valence electrons. The predicted octanol–water partition coefficient (Wildman–Crippen LogP) is 3.41. The molecule has 0 saturated carbocycles. The molecule has 1 heterocycles. The van der Waals surface area contributed by atoms with E-state index < -0.39 is 0 Å². The van der Waals surface area contributed by atoms with Crippen molar-refractivity contribution >= 4 is 17.4 Å². The summed E-state index contributed by atoms with van der Waals surface area (Å²) in [4.78, 5) is 11.9. The number of halogens is 1. The molecule has 1 aromatic rings. The SMILES string of the molecule is O=C(Cc1cccc(Cl)c1)CC1CCCCO1. The van der Waals surface area contributed by atoms with Crippen LogP contribution in [0.15, 0.2) is 24.3 Å². The Morgan fingerprint density at radius 3 is 3.00 bits per heavy atom. The van der Waals surface area contributed by atoms with E-state index in [4.69, 9.17) is 16.3 Å². The Bertz CT molecular complexity index is 384. The van der Waals surface area contributed by atoms with E-state index in [1.165, 1.54) is 6.42 Å². The number of carbonyl (C=O) groups is 1. The van der Waals surface area contributed by atoms with Crippen LogP contribution in [0.2, 0.25) is 5.02 Å². The Morgan fingerprint density at radius 2 is 2.29 bits per heavy atom. The first-order chi connectivity index (χ1) is 8.24. The van der Waals surface area contributed by atoms with Crippen molar-refractivity contribution in [2.45, 2.75) is 38.2 Å². The van der Waals surface area contributed by atoms with Gasteiger partial charge in [-0.3, -0.25) is 4.79 Å². The number of ether oxygens (including phenoxy) is 1. The zero-order valence-electron chi connectivity index (χ0n) is 9.82. The van der Waals surface area contributed by atoms with Crippen molar-refractivity contribution < 1.29 is 9.53 Å². The summed E-state index contributed by atoms with van der Waals surface area (Å²) in [6.45, 7) is 0.801. The molecule has 2 rings (SSSR count). The van der Waals surface area contributed by atoms with E-state index in [9.17, 15) is 4.79 Å². The van der Waals surface area contributed by atoms with E-state index in [0.717, 1.165) is 25.0 Å². The third-order valence-corrected chi connectivity index (χ3v) is 3.25. The fourth-order valence-electron chi connectivity index (χ4n) is 2.17. The number of benzene rings is 1. The molecule has 1 unspecified atom stereocenters. The van der Waals surface area contributed by atoms with Crippen molar-refractivity contribution in [3.63, 3.8) is 0 Å². The van der Waals surface area contributed by atoms with Gasteiger partial charge in [0.15, 0.2) is 0 Å². The molecule has 0 aliphatic carbocycles. The van der Waals surface area contributed by atoms with Crippen molar-refractivity contribution in [1.82, 2.24) is 0 Å². The molecule has 1 fully saturated rings. The maximum atomic E-state index is 11.9. The number of rotatable bonds is 4. The average Bonchev–Trinajstić information content (AvgIpc) is 2.30.